The van der Waals surface area contributed by atoms with Crippen LogP contribution in [0.5, 0.6) is 0 Å². The van der Waals surface area contributed by atoms with Gasteiger partial charge in [0.05, 0.1) is 14.7 Å². The Morgan fingerprint density at radius 1 is 1.45 bits per heavy atom. The van der Waals surface area contributed by atoms with Gasteiger partial charge in [0.2, 0.25) is 0 Å². The van der Waals surface area contributed by atoms with Gasteiger partial charge in [0, 0.05) is 5.92 Å². The van der Waals surface area contributed by atoms with Crippen molar-refractivity contribution in [3.63, 3.8) is 0 Å². The highest BCUT2D eigenvalue weighted by Gasteiger charge is 2.26. The highest BCUT2D eigenvalue weighted by atomic mass is 28.3. The summed E-state index contributed by atoms with van der Waals surface area (Å²) in [7, 11) is -1.17. The molecule has 0 heterocycles. The number of allylic oxidation sites excluding steroid dienone is 2. The summed E-state index contributed by atoms with van der Waals surface area (Å²) in [6, 6.07) is 0. The first-order chi connectivity index (χ1) is 5.05. The second kappa shape index (κ2) is 2.95. The molecule has 0 aliphatic heterocycles. The van der Waals surface area contributed by atoms with Crippen LogP contribution in [-0.4, -0.2) is 19.8 Å². The zero-order valence-corrected chi connectivity index (χ0v) is 8.46. The zero-order chi connectivity index (χ0) is 8.48. The highest BCUT2D eigenvalue weighted by molar-refractivity contribution is 6.83. The van der Waals surface area contributed by atoms with Crippen molar-refractivity contribution in [3.8, 4) is 0 Å². The van der Waals surface area contributed by atoms with Crippen LogP contribution >= 0.6 is 0 Å². The van der Waals surface area contributed by atoms with Crippen LogP contribution in [0.4, 0.5) is 0 Å². The summed E-state index contributed by atoms with van der Waals surface area (Å²) in [6.45, 7) is 7.21. The molecule has 1 unspecified atom stereocenters. The van der Waals surface area contributed by atoms with Gasteiger partial charge >= 0.3 is 0 Å². The van der Waals surface area contributed by atoms with E-state index in [1.54, 1.807) is 0 Å². The first-order valence-electron chi connectivity index (χ1n) is 4.05. The standard InChI is InChI=1S/C9H16OSi/c1-11(2,3)9-6-4-5-8(9)7-10/h4-6,8,10H,7H2,1-3H3. The third-order valence-electron chi connectivity index (χ3n) is 2.08. The Balaban J connectivity index is 2.76. The maximum atomic E-state index is 9.03. The summed E-state index contributed by atoms with van der Waals surface area (Å²) >= 11 is 0. The van der Waals surface area contributed by atoms with Crippen LogP contribution in [0.15, 0.2) is 23.4 Å². The van der Waals surface area contributed by atoms with Crippen molar-refractivity contribution >= 4 is 8.07 Å². The summed E-state index contributed by atoms with van der Waals surface area (Å²) in [5, 5.41) is 10.5. The Morgan fingerprint density at radius 3 is 2.45 bits per heavy atom. The number of aliphatic hydroxyl groups excluding tert-OH is 1. The Kier molecular flexibility index (Phi) is 2.35. The quantitative estimate of drug-likeness (QED) is 0.625. The van der Waals surface area contributed by atoms with Crippen molar-refractivity contribution < 1.29 is 5.11 Å². The lowest BCUT2D eigenvalue weighted by atomic mass is 10.2. The number of hydrogen-bond acceptors (Lipinski definition) is 1. The largest absolute Gasteiger partial charge is 0.395 e. The van der Waals surface area contributed by atoms with Gasteiger partial charge in [-0.3, -0.25) is 0 Å². The van der Waals surface area contributed by atoms with Crippen LogP contribution in [0.3, 0.4) is 0 Å². The van der Waals surface area contributed by atoms with Crippen LogP contribution in [0.1, 0.15) is 0 Å². The van der Waals surface area contributed by atoms with E-state index in [1.165, 1.54) is 5.20 Å². The van der Waals surface area contributed by atoms with E-state index < -0.39 is 8.07 Å². The van der Waals surface area contributed by atoms with Crippen LogP contribution in [0.2, 0.25) is 19.6 Å². The predicted molar refractivity (Wildman–Crippen MR) is 51.1 cm³/mol. The minimum Gasteiger partial charge on any atom is -0.395 e. The van der Waals surface area contributed by atoms with Gasteiger partial charge in [-0.1, -0.05) is 43.1 Å². The normalized spacial score (nSPS) is 24.0. The summed E-state index contributed by atoms with van der Waals surface area (Å²) < 4.78 is 0. The Morgan fingerprint density at radius 2 is 2.09 bits per heavy atom. The summed E-state index contributed by atoms with van der Waals surface area (Å²) in [6.07, 6.45) is 6.33. The van der Waals surface area contributed by atoms with Gasteiger partial charge in [-0.15, -0.1) is 0 Å². The van der Waals surface area contributed by atoms with Crippen molar-refractivity contribution in [3.05, 3.63) is 23.4 Å². The van der Waals surface area contributed by atoms with Gasteiger partial charge in [-0.25, -0.2) is 0 Å². The minimum atomic E-state index is -1.17. The second-order valence-electron chi connectivity index (χ2n) is 4.05. The lowest BCUT2D eigenvalue weighted by Gasteiger charge is -2.23. The van der Waals surface area contributed by atoms with E-state index in [-0.39, 0.29) is 6.61 Å². The number of aliphatic hydroxyl groups is 1. The molecule has 62 valence electrons. The smallest absolute Gasteiger partial charge is 0.0733 e. The van der Waals surface area contributed by atoms with Crippen molar-refractivity contribution in [2.45, 2.75) is 19.6 Å². The molecule has 0 aromatic rings. The molecule has 1 nitrogen and oxygen atoms in total. The molecule has 1 rings (SSSR count). The van der Waals surface area contributed by atoms with E-state index >= 15 is 0 Å². The van der Waals surface area contributed by atoms with Crippen molar-refractivity contribution in [2.24, 2.45) is 5.92 Å². The van der Waals surface area contributed by atoms with E-state index in [2.05, 4.69) is 37.9 Å². The highest BCUT2D eigenvalue weighted by Crippen LogP contribution is 2.27. The van der Waals surface area contributed by atoms with Crippen LogP contribution in [0, 0.1) is 5.92 Å². The molecule has 0 aromatic heterocycles. The molecule has 0 aromatic carbocycles. The molecule has 0 fully saturated rings. The fourth-order valence-corrected chi connectivity index (χ4v) is 3.38. The first kappa shape index (κ1) is 8.75. The Hall–Kier alpha value is -0.343. The molecule has 0 spiro atoms. The Labute approximate surface area is 69.4 Å². The molecule has 2 heteroatoms. The molecule has 11 heavy (non-hydrogen) atoms. The summed E-state index contributed by atoms with van der Waals surface area (Å²) in [5.74, 6) is 0.321. The van der Waals surface area contributed by atoms with Gasteiger partial charge in [-0.2, -0.15) is 0 Å². The second-order valence-corrected chi connectivity index (χ2v) is 9.12. The minimum absolute atomic E-state index is 0.270. The molecule has 0 amide bonds. The third kappa shape index (κ3) is 1.82. The third-order valence-corrected chi connectivity index (χ3v) is 4.35. The van der Waals surface area contributed by atoms with Crippen molar-refractivity contribution in [1.29, 1.82) is 0 Å². The molecular weight excluding hydrogens is 152 g/mol. The average Bonchev–Trinajstić information content (AvgIpc) is 2.31. The van der Waals surface area contributed by atoms with Gasteiger partial charge in [-0.05, 0) is 0 Å². The molecule has 0 saturated heterocycles. The maximum Gasteiger partial charge on any atom is 0.0733 e. The lowest BCUT2D eigenvalue weighted by Crippen LogP contribution is -2.28. The molecule has 1 atom stereocenters. The molecular formula is C9H16OSi. The SMILES string of the molecule is C[Si](C)(C)C1=CC=CC1CO. The van der Waals surface area contributed by atoms with Gasteiger partial charge in [0.15, 0.2) is 0 Å². The predicted octanol–water partition coefficient (Wildman–Crippen LogP) is 1.97. The van der Waals surface area contributed by atoms with Crippen molar-refractivity contribution in [1.82, 2.24) is 0 Å². The fourth-order valence-electron chi connectivity index (χ4n) is 1.49. The summed E-state index contributed by atoms with van der Waals surface area (Å²) in [4.78, 5) is 0. The number of hydrogen-bond donors (Lipinski definition) is 1. The first-order valence-corrected chi connectivity index (χ1v) is 7.55. The molecule has 0 radical (unpaired) electrons. The van der Waals surface area contributed by atoms with Crippen LogP contribution in [0.25, 0.3) is 0 Å². The molecule has 0 bridgehead atoms. The van der Waals surface area contributed by atoms with E-state index in [0.29, 0.717) is 5.92 Å². The molecule has 0 saturated carbocycles. The van der Waals surface area contributed by atoms with E-state index in [4.69, 9.17) is 5.11 Å². The van der Waals surface area contributed by atoms with Gasteiger partial charge < -0.3 is 5.11 Å². The maximum absolute atomic E-state index is 9.03. The summed E-state index contributed by atoms with van der Waals surface area (Å²) in [5.41, 5.74) is 0. The topological polar surface area (TPSA) is 20.2 Å². The Bertz CT molecular complexity index is 198. The fraction of sp³-hybridized carbons (Fsp3) is 0.556. The van der Waals surface area contributed by atoms with E-state index in [0.717, 1.165) is 0 Å². The molecule has 1 aliphatic rings. The molecule has 1 aliphatic carbocycles. The van der Waals surface area contributed by atoms with Crippen LogP contribution in [-0.2, 0) is 0 Å². The van der Waals surface area contributed by atoms with E-state index in [9.17, 15) is 0 Å². The monoisotopic (exact) mass is 168 g/mol. The lowest BCUT2D eigenvalue weighted by molar-refractivity contribution is 0.272. The number of rotatable bonds is 2. The van der Waals surface area contributed by atoms with E-state index in [1.807, 2.05) is 0 Å². The average molecular weight is 168 g/mol. The van der Waals surface area contributed by atoms with Gasteiger partial charge in [0.25, 0.3) is 0 Å². The van der Waals surface area contributed by atoms with Crippen molar-refractivity contribution in [2.75, 3.05) is 6.61 Å². The molecule has 1 N–H and O–H groups in total. The van der Waals surface area contributed by atoms with Gasteiger partial charge in [0.1, 0.15) is 0 Å². The van der Waals surface area contributed by atoms with Crippen LogP contribution < -0.4 is 0 Å². The zero-order valence-electron chi connectivity index (χ0n) is 7.46.